The number of hydrogen-bond acceptors (Lipinski definition) is 6. The summed E-state index contributed by atoms with van der Waals surface area (Å²) < 4.78 is 16.5. The Morgan fingerprint density at radius 2 is 1.09 bits per heavy atom. The highest BCUT2D eigenvalue weighted by molar-refractivity contribution is 5.80. The minimum absolute atomic E-state index is 0.0229. The summed E-state index contributed by atoms with van der Waals surface area (Å²) in [6.45, 7) is 13.0. The molecule has 0 aromatic carbocycles. The zero-order chi connectivity index (χ0) is 33.3. The van der Waals surface area contributed by atoms with Gasteiger partial charge in [0.05, 0.1) is 38.8 Å². The summed E-state index contributed by atoms with van der Waals surface area (Å²) in [4.78, 5) is 15.5. The molecular formula is C37H72N4O4. The van der Waals surface area contributed by atoms with Crippen molar-refractivity contribution in [1.82, 2.24) is 5.32 Å². The Kier molecular flexibility index (Phi) is 42.3. The molecule has 0 bridgehead atoms. The van der Waals surface area contributed by atoms with Crippen molar-refractivity contribution < 1.29 is 19.0 Å². The standard InChI is InChI=1S/C35H68N4O4.C2H4/c1-2-3-4-5-6-7-8-9-10-11-12-13-14-15-16-17-18-19-20-21-24-34(37)38-25-22-27-41-29-31-43-32-30-42-28-23-26-39-35(40)33-36;1-2/h2-12,15-33,36H2,1H3,(H2,37,38)(H,39,40);1-2H2. The van der Waals surface area contributed by atoms with E-state index in [4.69, 9.17) is 25.7 Å². The van der Waals surface area contributed by atoms with E-state index in [-0.39, 0.29) is 12.5 Å². The molecule has 0 rings (SSSR count). The third-order valence-electron chi connectivity index (χ3n) is 7.24. The Balaban J connectivity index is 0. The fourth-order valence-corrected chi connectivity index (χ4v) is 4.59. The molecule has 45 heavy (non-hydrogen) atoms. The second-order valence-corrected chi connectivity index (χ2v) is 11.4. The minimum atomic E-state index is -0.142. The van der Waals surface area contributed by atoms with Crippen LogP contribution in [-0.4, -0.2) is 71.0 Å². The van der Waals surface area contributed by atoms with Crippen LogP contribution in [0.4, 0.5) is 0 Å². The van der Waals surface area contributed by atoms with Gasteiger partial charge in [0, 0.05) is 45.6 Å². The van der Waals surface area contributed by atoms with E-state index in [2.05, 4.69) is 42.2 Å². The van der Waals surface area contributed by atoms with Crippen LogP contribution in [0.25, 0.3) is 0 Å². The van der Waals surface area contributed by atoms with E-state index >= 15 is 0 Å². The topological polar surface area (TPSA) is 121 Å². The van der Waals surface area contributed by atoms with Crippen LogP contribution in [0.2, 0.25) is 0 Å². The van der Waals surface area contributed by atoms with E-state index in [1.165, 1.54) is 96.3 Å². The van der Waals surface area contributed by atoms with Crippen molar-refractivity contribution in [1.29, 1.82) is 0 Å². The molecule has 0 spiro atoms. The van der Waals surface area contributed by atoms with Crippen LogP contribution < -0.4 is 16.8 Å². The first-order chi connectivity index (χ1) is 22.2. The molecule has 0 fully saturated rings. The maximum Gasteiger partial charge on any atom is 0.233 e. The van der Waals surface area contributed by atoms with Crippen molar-refractivity contribution in [2.45, 2.75) is 142 Å². The Bertz CT molecular complexity index is 694. The highest BCUT2D eigenvalue weighted by atomic mass is 16.5. The van der Waals surface area contributed by atoms with Gasteiger partial charge in [0.15, 0.2) is 0 Å². The third kappa shape index (κ3) is 42.1. The number of amidine groups is 1. The molecule has 0 aromatic heterocycles. The van der Waals surface area contributed by atoms with E-state index < -0.39 is 0 Å². The van der Waals surface area contributed by atoms with E-state index in [1.54, 1.807) is 0 Å². The highest BCUT2D eigenvalue weighted by Crippen LogP contribution is 2.11. The lowest BCUT2D eigenvalue weighted by atomic mass is 10.1. The Labute approximate surface area is 278 Å². The van der Waals surface area contributed by atoms with Crippen molar-refractivity contribution in [3.63, 3.8) is 0 Å². The molecule has 264 valence electrons. The molecule has 0 aromatic rings. The number of amides is 1. The van der Waals surface area contributed by atoms with E-state index in [0.29, 0.717) is 52.7 Å². The molecule has 0 atom stereocenters. The molecule has 5 N–H and O–H groups in total. The summed E-state index contributed by atoms with van der Waals surface area (Å²) in [5, 5.41) is 2.70. The summed E-state index contributed by atoms with van der Waals surface area (Å²) in [7, 11) is 0. The number of aliphatic imine (C=N–C) groups is 1. The number of carbonyl (C=O) groups is 1. The average molecular weight is 637 g/mol. The maximum absolute atomic E-state index is 11.0. The first-order valence-corrected chi connectivity index (χ1v) is 18.1. The Morgan fingerprint density at radius 3 is 1.60 bits per heavy atom. The lowest BCUT2D eigenvalue weighted by molar-refractivity contribution is -0.119. The predicted octanol–water partition coefficient (Wildman–Crippen LogP) is 7.49. The van der Waals surface area contributed by atoms with Gasteiger partial charge in [-0.05, 0) is 32.1 Å². The summed E-state index contributed by atoms with van der Waals surface area (Å²) in [6.07, 6.45) is 26.0. The van der Waals surface area contributed by atoms with Crippen LogP contribution in [0, 0.1) is 11.8 Å². The first kappa shape index (κ1) is 45.2. The van der Waals surface area contributed by atoms with Gasteiger partial charge in [-0.25, -0.2) is 0 Å². The van der Waals surface area contributed by atoms with Crippen molar-refractivity contribution >= 4 is 11.7 Å². The monoisotopic (exact) mass is 637 g/mol. The number of nitrogens with one attached hydrogen (secondary N) is 1. The molecule has 0 radical (unpaired) electrons. The molecule has 0 aliphatic rings. The number of unbranched alkanes of at least 4 members (excludes halogenated alkanes) is 16. The summed E-state index contributed by atoms with van der Waals surface area (Å²) >= 11 is 0. The van der Waals surface area contributed by atoms with Crippen molar-refractivity contribution in [2.75, 3.05) is 59.3 Å². The number of nitrogens with two attached hydrogens (primary N) is 2. The predicted molar refractivity (Wildman–Crippen MR) is 193 cm³/mol. The van der Waals surface area contributed by atoms with Crippen LogP contribution in [0.1, 0.15) is 142 Å². The van der Waals surface area contributed by atoms with E-state index in [9.17, 15) is 4.79 Å². The molecule has 0 aliphatic carbocycles. The number of hydrogen-bond donors (Lipinski definition) is 3. The van der Waals surface area contributed by atoms with Gasteiger partial charge in [0.25, 0.3) is 0 Å². The minimum Gasteiger partial charge on any atom is -0.387 e. The molecule has 1 amide bonds. The Morgan fingerprint density at radius 1 is 0.644 bits per heavy atom. The lowest BCUT2D eigenvalue weighted by Crippen LogP contribution is -2.31. The lowest BCUT2D eigenvalue weighted by Gasteiger charge is -2.07. The number of carbonyl (C=O) groups excluding carboxylic acids is 1. The van der Waals surface area contributed by atoms with Gasteiger partial charge >= 0.3 is 0 Å². The zero-order valence-corrected chi connectivity index (χ0v) is 29.4. The van der Waals surface area contributed by atoms with Crippen molar-refractivity contribution in [2.24, 2.45) is 16.5 Å². The molecule has 0 unspecified atom stereocenters. The molecule has 0 saturated carbocycles. The highest BCUT2D eigenvalue weighted by Gasteiger charge is 1.98. The van der Waals surface area contributed by atoms with Crippen LogP contribution in [0.15, 0.2) is 18.2 Å². The third-order valence-corrected chi connectivity index (χ3v) is 7.24. The normalized spacial score (nSPS) is 11.0. The summed E-state index contributed by atoms with van der Waals surface area (Å²) in [6, 6.07) is 0. The Hall–Kier alpha value is -1.92. The SMILES string of the molecule is C=C.CCCCCCCCCCCCC#CCCCCCCCCC(N)=NCCCOCCOCCOCCCNC(=O)CN. The van der Waals surface area contributed by atoms with Gasteiger partial charge in [0.1, 0.15) is 0 Å². The molecular weight excluding hydrogens is 564 g/mol. The molecule has 8 heteroatoms. The first-order valence-electron chi connectivity index (χ1n) is 18.1. The van der Waals surface area contributed by atoms with Gasteiger partial charge in [-0.1, -0.05) is 90.4 Å². The number of nitrogens with zero attached hydrogens (tertiary/aromatic N) is 1. The van der Waals surface area contributed by atoms with Crippen LogP contribution in [0.5, 0.6) is 0 Å². The van der Waals surface area contributed by atoms with Gasteiger partial charge < -0.3 is 31.0 Å². The smallest absolute Gasteiger partial charge is 0.233 e. The van der Waals surface area contributed by atoms with Gasteiger partial charge in [0.2, 0.25) is 5.91 Å². The molecule has 8 nitrogen and oxygen atoms in total. The van der Waals surface area contributed by atoms with Crippen molar-refractivity contribution in [3.05, 3.63) is 13.2 Å². The number of ether oxygens (including phenoxy) is 3. The van der Waals surface area contributed by atoms with Crippen molar-refractivity contribution in [3.8, 4) is 11.8 Å². The number of rotatable bonds is 33. The molecule has 0 heterocycles. The molecule has 0 saturated heterocycles. The van der Waals surface area contributed by atoms with Crippen LogP contribution in [-0.2, 0) is 19.0 Å². The van der Waals surface area contributed by atoms with Crippen LogP contribution >= 0.6 is 0 Å². The largest absolute Gasteiger partial charge is 0.387 e. The summed E-state index contributed by atoms with van der Waals surface area (Å²) in [5.41, 5.74) is 11.3. The van der Waals surface area contributed by atoms with Crippen LogP contribution in [0.3, 0.4) is 0 Å². The van der Waals surface area contributed by atoms with Gasteiger partial charge in [-0.15, -0.1) is 25.0 Å². The summed E-state index contributed by atoms with van der Waals surface area (Å²) in [5.74, 6) is 7.38. The van der Waals surface area contributed by atoms with E-state index in [0.717, 1.165) is 44.4 Å². The van der Waals surface area contributed by atoms with Gasteiger partial charge in [-0.2, -0.15) is 0 Å². The van der Waals surface area contributed by atoms with Gasteiger partial charge in [-0.3, -0.25) is 9.79 Å². The second kappa shape index (κ2) is 42.1. The van der Waals surface area contributed by atoms with E-state index in [1.807, 2.05) is 0 Å². The average Bonchev–Trinajstić information content (AvgIpc) is 3.06. The zero-order valence-electron chi connectivity index (χ0n) is 29.4. The molecule has 0 aliphatic heterocycles. The second-order valence-electron chi connectivity index (χ2n) is 11.4. The fourth-order valence-electron chi connectivity index (χ4n) is 4.59. The quantitative estimate of drug-likeness (QED) is 0.0226. The fraction of sp³-hybridized carbons (Fsp3) is 0.838. The maximum atomic E-state index is 11.0.